The Hall–Kier alpha value is -2.75. The molecular weight excluding hydrogens is 252 g/mol. The minimum atomic E-state index is -0.299. The van der Waals surface area contributed by atoms with E-state index in [9.17, 15) is 4.79 Å². The summed E-state index contributed by atoms with van der Waals surface area (Å²) in [6, 6.07) is 14.8. The van der Waals surface area contributed by atoms with Crippen molar-refractivity contribution in [2.45, 2.75) is 6.42 Å². The van der Waals surface area contributed by atoms with E-state index in [2.05, 4.69) is 9.97 Å². The molecule has 0 unspecified atom stereocenters. The van der Waals surface area contributed by atoms with Gasteiger partial charge >= 0.3 is 5.97 Å². The zero-order valence-corrected chi connectivity index (χ0v) is 10.7. The molecule has 0 spiro atoms. The van der Waals surface area contributed by atoms with Crippen LogP contribution in [0.3, 0.4) is 0 Å². The molecule has 3 aromatic rings. The first kappa shape index (κ1) is 12.3. The van der Waals surface area contributed by atoms with Crippen molar-refractivity contribution in [2.75, 3.05) is 0 Å². The van der Waals surface area contributed by atoms with Crippen LogP contribution in [0, 0.1) is 0 Å². The van der Waals surface area contributed by atoms with Crippen molar-refractivity contribution in [3.63, 3.8) is 0 Å². The van der Waals surface area contributed by atoms with Crippen LogP contribution in [0.15, 0.2) is 60.9 Å². The quantitative estimate of drug-likeness (QED) is 0.682. The number of hydrogen-bond acceptors (Lipinski definition) is 4. The van der Waals surface area contributed by atoms with Crippen LogP contribution >= 0.6 is 0 Å². The first-order valence-electron chi connectivity index (χ1n) is 6.27. The van der Waals surface area contributed by atoms with Gasteiger partial charge in [0.1, 0.15) is 5.75 Å². The molecule has 0 aliphatic carbocycles. The number of ether oxygens (including phenoxy) is 1. The van der Waals surface area contributed by atoms with E-state index in [1.807, 2.05) is 36.4 Å². The fourth-order valence-corrected chi connectivity index (χ4v) is 1.97. The summed E-state index contributed by atoms with van der Waals surface area (Å²) in [5, 5.41) is 0.733. The van der Waals surface area contributed by atoms with Crippen LogP contribution in [-0.4, -0.2) is 15.9 Å². The van der Waals surface area contributed by atoms with Gasteiger partial charge in [-0.05, 0) is 17.7 Å². The molecule has 2 aromatic heterocycles. The number of carbonyl (C=O) groups excluding carboxylic acids is 1. The fraction of sp³-hybridized carbons (Fsp3) is 0.0625. The number of esters is 1. The number of benzene rings is 1. The number of fused-ring (bicyclic) bond motifs is 1. The number of carbonyl (C=O) groups is 1. The Morgan fingerprint density at radius 2 is 1.75 bits per heavy atom. The predicted molar refractivity (Wildman–Crippen MR) is 75.3 cm³/mol. The van der Waals surface area contributed by atoms with Crippen molar-refractivity contribution >= 4 is 17.0 Å². The largest absolute Gasteiger partial charge is 0.425 e. The van der Waals surface area contributed by atoms with Crippen molar-refractivity contribution in [3.8, 4) is 5.75 Å². The standard InChI is InChI=1S/C16H12N2O2/c19-15(11-12-5-2-1-3-6-12)20-14-8-10-18-16-13(14)7-4-9-17-16/h1-10H,11H2. The summed E-state index contributed by atoms with van der Waals surface area (Å²) < 4.78 is 5.41. The molecule has 0 N–H and O–H groups in total. The molecule has 4 heteroatoms. The highest BCUT2D eigenvalue weighted by molar-refractivity contribution is 5.85. The maximum atomic E-state index is 12.0. The summed E-state index contributed by atoms with van der Waals surface area (Å²) in [4.78, 5) is 20.2. The molecule has 0 bridgehead atoms. The number of nitrogens with zero attached hydrogens (tertiary/aromatic N) is 2. The van der Waals surface area contributed by atoms with Gasteiger partial charge in [0.25, 0.3) is 0 Å². The summed E-state index contributed by atoms with van der Waals surface area (Å²) >= 11 is 0. The molecule has 2 heterocycles. The van der Waals surface area contributed by atoms with E-state index in [0.29, 0.717) is 11.4 Å². The van der Waals surface area contributed by atoms with E-state index in [0.717, 1.165) is 10.9 Å². The molecule has 4 nitrogen and oxygen atoms in total. The Morgan fingerprint density at radius 3 is 2.60 bits per heavy atom. The molecule has 3 rings (SSSR count). The number of pyridine rings is 2. The maximum Gasteiger partial charge on any atom is 0.315 e. The van der Waals surface area contributed by atoms with Gasteiger partial charge in [-0.3, -0.25) is 4.79 Å². The monoisotopic (exact) mass is 264 g/mol. The molecule has 0 atom stereocenters. The lowest BCUT2D eigenvalue weighted by molar-refractivity contribution is -0.133. The second-order valence-corrected chi connectivity index (χ2v) is 4.32. The SMILES string of the molecule is O=C(Cc1ccccc1)Oc1ccnc2ncccc12. The zero-order valence-electron chi connectivity index (χ0n) is 10.7. The summed E-state index contributed by atoms with van der Waals surface area (Å²) in [5.41, 5.74) is 1.49. The molecular formula is C16H12N2O2. The Kier molecular flexibility index (Phi) is 3.37. The Morgan fingerprint density at radius 1 is 0.950 bits per heavy atom. The van der Waals surface area contributed by atoms with Gasteiger partial charge < -0.3 is 4.74 Å². The predicted octanol–water partition coefficient (Wildman–Crippen LogP) is 2.78. The zero-order chi connectivity index (χ0) is 13.8. The van der Waals surface area contributed by atoms with Gasteiger partial charge in [0.05, 0.1) is 11.8 Å². The van der Waals surface area contributed by atoms with E-state index < -0.39 is 0 Å². The molecule has 20 heavy (non-hydrogen) atoms. The van der Waals surface area contributed by atoms with E-state index in [1.165, 1.54) is 0 Å². The van der Waals surface area contributed by atoms with Crippen LogP contribution in [0.1, 0.15) is 5.56 Å². The van der Waals surface area contributed by atoms with Crippen molar-refractivity contribution in [1.29, 1.82) is 0 Å². The highest BCUT2D eigenvalue weighted by Crippen LogP contribution is 2.22. The second kappa shape index (κ2) is 5.48. The molecule has 0 saturated carbocycles. The lowest BCUT2D eigenvalue weighted by Crippen LogP contribution is -2.11. The van der Waals surface area contributed by atoms with Gasteiger partial charge in [-0.2, -0.15) is 0 Å². The highest BCUT2D eigenvalue weighted by atomic mass is 16.5. The van der Waals surface area contributed by atoms with E-state index in [1.54, 1.807) is 24.5 Å². The van der Waals surface area contributed by atoms with Crippen molar-refractivity contribution in [1.82, 2.24) is 9.97 Å². The molecule has 0 aliphatic heterocycles. The van der Waals surface area contributed by atoms with Gasteiger partial charge in [-0.15, -0.1) is 0 Å². The third-order valence-electron chi connectivity index (χ3n) is 2.89. The lowest BCUT2D eigenvalue weighted by atomic mass is 10.1. The Balaban J connectivity index is 1.81. The summed E-state index contributed by atoms with van der Waals surface area (Å²) in [6.45, 7) is 0. The minimum Gasteiger partial charge on any atom is -0.425 e. The second-order valence-electron chi connectivity index (χ2n) is 4.32. The highest BCUT2D eigenvalue weighted by Gasteiger charge is 2.09. The molecule has 98 valence electrons. The third-order valence-corrected chi connectivity index (χ3v) is 2.89. The fourth-order valence-electron chi connectivity index (χ4n) is 1.97. The average Bonchev–Trinajstić information content (AvgIpc) is 2.48. The summed E-state index contributed by atoms with van der Waals surface area (Å²) in [6.07, 6.45) is 3.48. The molecule has 0 amide bonds. The third kappa shape index (κ3) is 2.64. The summed E-state index contributed by atoms with van der Waals surface area (Å²) in [7, 11) is 0. The van der Waals surface area contributed by atoms with E-state index in [-0.39, 0.29) is 12.4 Å². The van der Waals surface area contributed by atoms with Gasteiger partial charge in [0, 0.05) is 18.5 Å². The molecule has 0 aliphatic rings. The first-order valence-corrected chi connectivity index (χ1v) is 6.27. The van der Waals surface area contributed by atoms with Crippen molar-refractivity contribution in [2.24, 2.45) is 0 Å². The Labute approximate surface area is 116 Å². The van der Waals surface area contributed by atoms with Crippen molar-refractivity contribution in [3.05, 3.63) is 66.5 Å². The van der Waals surface area contributed by atoms with Gasteiger partial charge in [0.15, 0.2) is 5.65 Å². The Bertz CT molecular complexity index is 736. The maximum absolute atomic E-state index is 12.0. The first-order chi connectivity index (χ1) is 9.83. The average molecular weight is 264 g/mol. The number of rotatable bonds is 3. The topological polar surface area (TPSA) is 52.1 Å². The summed E-state index contributed by atoms with van der Waals surface area (Å²) in [5.74, 6) is 0.191. The van der Waals surface area contributed by atoms with E-state index in [4.69, 9.17) is 4.74 Å². The van der Waals surface area contributed by atoms with Gasteiger partial charge in [-0.1, -0.05) is 30.3 Å². The van der Waals surface area contributed by atoms with Crippen LogP contribution < -0.4 is 4.74 Å². The molecule has 1 aromatic carbocycles. The molecule has 0 radical (unpaired) electrons. The lowest BCUT2D eigenvalue weighted by Gasteiger charge is -2.06. The van der Waals surface area contributed by atoms with Gasteiger partial charge in [-0.25, -0.2) is 9.97 Å². The van der Waals surface area contributed by atoms with Crippen molar-refractivity contribution < 1.29 is 9.53 Å². The van der Waals surface area contributed by atoms with Crippen LogP contribution in [0.25, 0.3) is 11.0 Å². The number of aromatic nitrogens is 2. The smallest absolute Gasteiger partial charge is 0.315 e. The molecule has 0 fully saturated rings. The van der Waals surface area contributed by atoms with Crippen LogP contribution in [0.2, 0.25) is 0 Å². The van der Waals surface area contributed by atoms with Crippen LogP contribution in [-0.2, 0) is 11.2 Å². The van der Waals surface area contributed by atoms with Crippen LogP contribution in [0.5, 0.6) is 5.75 Å². The minimum absolute atomic E-state index is 0.241. The molecule has 0 saturated heterocycles. The van der Waals surface area contributed by atoms with Crippen LogP contribution in [0.4, 0.5) is 0 Å². The van der Waals surface area contributed by atoms with Gasteiger partial charge in [0.2, 0.25) is 0 Å². The number of hydrogen-bond donors (Lipinski definition) is 0. The normalized spacial score (nSPS) is 10.4. The van der Waals surface area contributed by atoms with E-state index >= 15 is 0 Å².